The quantitative estimate of drug-likeness (QED) is 0.436. The standard InChI is InChI=1S/C28H38N2O4/c1-9-20(26(31)32)15-22-19(5)30-24(14-17(2)3)23(16-29-27(33)34-28(6,7)8)25(22)21-12-10-18(4)11-13-21/h10-13,15,17H,9,14,16H2,1-8H3,(H,29,33)(H,31,32). The van der Waals surface area contributed by atoms with Gasteiger partial charge < -0.3 is 15.2 Å². The van der Waals surface area contributed by atoms with Crippen LogP contribution in [0, 0.1) is 19.8 Å². The van der Waals surface area contributed by atoms with Crippen LogP contribution in [0.3, 0.4) is 0 Å². The lowest BCUT2D eigenvalue weighted by Gasteiger charge is -2.23. The number of nitrogens with zero attached hydrogens (tertiary/aromatic N) is 1. The van der Waals surface area contributed by atoms with Gasteiger partial charge in [-0.3, -0.25) is 4.98 Å². The molecule has 1 amide bonds. The van der Waals surface area contributed by atoms with Crippen LogP contribution in [0.1, 0.15) is 76.0 Å². The average Bonchev–Trinajstić information content (AvgIpc) is 2.70. The van der Waals surface area contributed by atoms with Crippen LogP contribution in [-0.2, 0) is 22.5 Å². The number of aryl methyl sites for hydroxylation is 2. The van der Waals surface area contributed by atoms with Crippen LogP contribution in [0.4, 0.5) is 4.79 Å². The number of hydrogen-bond donors (Lipinski definition) is 2. The zero-order valence-corrected chi connectivity index (χ0v) is 21.7. The van der Waals surface area contributed by atoms with Crippen molar-refractivity contribution in [2.45, 2.75) is 80.4 Å². The number of carbonyl (C=O) groups excluding carboxylic acids is 1. The number of hydrogen-bond acceptors (Lipinski definition) is 4. The van der Waals surface area contributed by atoms with E-state index in [9.17, 15) is 14.7 Å². The number of pyridine rings is 1. The van der Waals surface area contributed by atoms with Crippen molar-refractivity contribution in [3.05, 3.63) is 57.9 Å². The van der Waals surface area contributed by atoms with E-state index in [0.29, 0.717) is 17.9 Å². The van der Waals surface area contributed by atoms with E-state index in [4.69, 9.17) is 9.72 Å². The molecule has 2 aromatic rings. The van der Waals surface area contributed by atoms with Crippen molar-refractivity contribution in [1.82, 2.24) is 10.3 Å². The Labute approximate surface area is 203 Å². The molecule has 1 aromatic heterocycles. The summed E-state index contributed by atoms with van der Waals surface area (Å²) < 4.78 is 5.45. The summed E-state index contributed by atoms with van der Waals surface area (Å²) in [6.45, 7) is 15.7. The Balaban J connectivity index is 2.78. The predicted molar refractivity (Wildman–Crippen MR) is 137 cm³/mol. The summed E-state index contributed by atoms with van der Waals surface area (Å²) in [5.41, 5.74) is 5.97. The molecule has 0 saturated carbocycles. The molecule has 34 heavy (non-hydrogen) atoms. The van der Waals surface area contributed by atoms with Crippen LogP contribution < -0.4 is 5.32 Å². The van der Waals surface area contributed by atoms with E-state index in [1.54, 1.807) is 6.08 Å². The molecule has 184 valence electrons. The summed E-state index contributed by atoms with van der Waals surface area (Å²) in [4.78, 5) is 29.2. The second-order valence-corrected chi connectivity index (χ2v) is 10.1. The fourth-order valence-electron chi connectivity index (χ4n) is 3.75. The van der Waals surface area contributed by atoms with Crippen LogP contribution in [0.5, 0.6) is 0 Å². The van der Waals surface area contributed by atoms with Crippen molar-refractivity contribution in [3.8, 4) is 11.1 Å². The van der Waals surface area contributed by atoms with Crippen molar-refractivity contribution in [2.75, 3.05) is 0 Å². The largest absolute Gasteiger partial charge is 0.478 e. The summed E-state index contributed by atoms with van der Waals surface area (Å²) in [7, 11) is 0. The highest BCUT2D eigenvalue weighted by molar-refractivity contribution is 5.94. The topological polar surface area (TPSA) is 88.5 Å². The highest BCUT2D eigenvalue weighted by Crippen LogP contribution is 2.34. The molecule has 2 rings (SSSR count). The third kappa shape index (κ3) is 7.44. The van der Waals surface area contributed by atoms with Gasteiger partial charge in [0.25, 0.3) is 0 Å². The molecule has 6 heteroatoms. The molecule has 1 heterocycles. The van der Waals surface area contributed by atoms with Crippen molar-refractivity contribution in [2.24, 2.45) is 5.92 Å². The maximum absolute atomic E-state index is 12.5. The molecule has 6 nitrogen and oxygen atoms in total. The van der Waals surface area contributed by atoms with Gasteiger partial charge in [0, 0.05) is 34.6 Å². The normalized spacial score (nSPS) is 12.1. The first-order chi connectivity index (χ1) is 15.8. The van der Waals surface area contributed by atoms with Crippen LogP contribution in [0.25, 0.3) is 17.2 Å². The Morgan fingerprint density at radius 2 is 1.76 bits per heavy atom. The molecule has 0 saturated heterocycles. The zero-order valence-electron chi connectivity index (χ0n) is 21.7. The number of rotatable bonds is 8. The summed E-state index contributed by atoms with van der Waals surface area (Å²) in [5.74, 6) is -0.596. The van der Waals surface area contributed by atoms with Crippen LogP contribution >= 0.6 is 0 Å². The van der Waals surface area contributed by atoms with Crippen molar-refractivity contribution in [1.29, 1.82) is 0 Å². The third-order valence-corrected chi connectivity index (χ3v) is 5.34. The van der Waals surface area contributed by atoms with E-state index in [2.05, 4.69) is 19.2 Å². The van der Waals surface area contributed by atoms with Crippen molar-refractivity contribution in [3.63, 3.8) is 0 Å². The van der Waals surface area contributed by atoms with Crippen LogP contribution in [-0.4, -0.2) is 27.8 Å². The van der Waals surface area contributed by atoms with E-state index < -0.39 is 17.7 Å². The second-order valence-electron chi connectivity index (χ2n) is 10.1. The first-order valence-corrected chi connectivity index (χ1v) is 11.8. The number of carboxylic acid groups (broad SMARTS) is 1. The van der Waals surface area contributed by atoms with Crippen molar-refractivity contribution >= 4 is 18.1 Å². The average molecular weight is 467 g/mol. The summed E-state index contributed by atoms with van der Waals surface area (Å²) in [5, 5.41) is 12.6. The lowest BCUT2D eigenvalue weighted by Crippen LogP contribution is -2.32. The van der Waals surface area contributed by atoms with Gasteiger partial charge in [0.05, 0.1) is 0 Å². The number of carboxylic acids is 1. The molecule has 0 aliphatic carbocycles. The number of ether oxygens (including phenoxy) is 1. The minimum atomic E-state index is -0.948. The van der Waals surface area contributed by atoms with Gasteiger partial charge in [-0.25, -0.2) is 9.59 Å². The van der Waals surface area contributed by atoms with E-state index in [1.165, 1.54) is 0 Å². The lowest BCUT2D eigenvalue weighted by molar-refractivity contribution is -0.132. The molecule has 0 radical (unpaired) electrons. The minimum Gasteiger partial charge on any atom is -0.478 e. The van der Waals surface area contributed by atoms with E-state index in [-0.39, 0.29) is 6.54 Å². The molecular weight excluding hydrogens is 428 g/mol. The Kier molecular flexibility index (Phi) is 9.02. The molecule has 0 aliphatic heterocycles. The number of carbonyl (C=O) groups is 2. The van der Waals surface area contributed by atoms with E-state index >= 15 is 0 Å². The second kappa shape index (κ2) is 11.3. The highest BCUT2D eigenvalue weighted by atomic mass is 16.6. The van der Waals surface area contributed by atoms with Gasteiger partial charge in [0.2, 0.25) is 0 Å². The minimum absolute atomic E-state index is 0.225. The number of benzene rings is 1. The fourth-order valence-corrected chi connectivity index (χ4v) is 3.75. The zero-order chi connectivity index (χ0) is 25.6. The fraction of sp³-hybridized carbons (Fsp3) is 0.464. The smallest absolute Gasteiger partial charge is 0.407 e. The Bertz CT molecular complexity index is 1060. The van der Waals surface area contributed by atoms with Gasteiger partial charge in [-0.2, -0.15) is 0 Å². The van der Waals surface area contributed by atoms with Gasteiger partial charge in [0.15, 0.2) is 0 Å². The SMILES string of the molecule is CCC(=Cc1c(C)nc(CC(C)C)c(CNC(=O)OC(C)(C)C)c1-c1ccc(C)cc1)C(=O)O. The summed E-state index contributed by atoms with van der Waals surface area (Å²) in [6, 6.07) is 8.13. The summed E-state index contributed by atoms with van der Waals surface area (Å²) >= 11 is 0. The van der Waals surface area contributed by atoms with Gasteiger partial charge in [-0.15, -0.1) is 0 Å². The highest BCUT2D eigenvalue weighted by Gasteiger charge is 2.22. The number of alkyl carbamates (subject to hydrolysis) is 1. The van der Waals surface area contributed by atoms with Gasteiger partial charge in [0.1, 0.15) is 5.60 Å². The number of aliphatic carboxylic acids is 1. The van der Waals surface area contributed by atoms with Gasteiger partial charge in [-0.1, -0.05) is 50.6 Å². The molecule has 0 spiro atoms. The molecule has 0 unspecified atom stereocenters. The monoisotopic (exact) mass is 466 g/mol. The Morgan fingerprint density at radius 1 is 1.15 bits per heavy atom. The number of amides is 1. The lowest BCUT2D eigenvalue weighted by atomic mass is 9.88. The molecule has 0 fully saturated rings. The molecule has 1 aromatic carbocycles. The molecule has 0 aliphatic rings. The Hall–Kier alpha value is -3.15. The molecule has 0 atom stereocenters. The first kappa shape index (κ1) is 27.1. The molecule has 2 N–H and O–H groups in total. The Morgan fingerprint density at radius 3 is 2.26 bits per heavy atom. The van der Waals surface area contributed by atoms with E-state index in [1.807, 2.05) is 65.8 Å². The van der Waals surface area contributed by atoms with Gasteiger partial charge >= 0.3 is 12.1 Å². The van der Waals surface area contributed by atoms with Crippen LogP contribution in [0.2, 0.25) is 0 Å². The maximum Gasteiger partial charge on any atom is 0.407 e. The maximum atomic E-state index is 12.5. The molecular formula is C28H38N2O4. The summed E-state index contributed by atoms with van der Waals surface area (Å²) in [6.07, 6.45) is 2.33. The van der Waals surface area contributed by atoms with Crippen molar-refractivity contribution < 1.29 is 19.4 Å². The predicted octanol–water partition coefficient (Wildman–Crippen LogP) is 6.47. The first-order valence-electron chi connectivity index (χ1n) is 11.8. The molecule has 0 bridgehead atoms. The third-order valence-electron chi connectivity index (χ3n) is 5.34. The number of nitrogens with one attached hydrogen (secondary N) is 1. The number of aromatic nitrogens is 1. The van der Waals surface area contributed by atoms with E-state index in [0.717, 1.165) is 45.6 Å². The van der Waals surface area contributed by atoms with Crippen LogP contribution in [0.15, 0.2) is 29.8 Å². The van der Waals surface area contributed by atoms with Gasteiger partial charge in [-0.05, 0) is 70.6 Å².